The van der Waals surface area contributed by atoms with Crippen LogP contribution in [0, 0.1) is 0 Å². The van der Waals surface area contributed by atoms with Crippen LogP contribution in [0.3, 0.4) is 0 Å². The minimum atomic E-state index is -5.10. The molecule has 0 unspecified atom stereocenters. The van der Waals surface area contributed by atoms with Crippen molar-refractivity contribution in [2.45, 2.75) is 31.6 Å². The highest BCUT2D eigenvalue weighted by Gasteiger charge is 2.37. The summed E-state index contributed by atoms with van der Waals surface area (Å²) in [4.78, 5) is 26.4. The van der Waals surface area contributed by atoms with Gasteiger partial charge in [-0.3, -0.25) is 10.1 Å². The number of hydrogen-bond acceptors (Lipinski definition) is 3. The number of nitrogens with zero attached hydrogens (tertiary/aromatic N) is 1. The highest BCUT2D eigenvalue weighted by Crippen LogP contribution is 2.36. The third-order valence-corrected chi connectivity index (χ3v) is 4.92. The van der Waals surface area contributed by atoms with Gasteiger partial charge in [0, 0.05) is 30.0 Å². The van der Waals surface area contributed by atoms with E-state index < -0.39 is 41.0 Å². The molecular formula is C21H19F6N3O2. The first-order valence-electron chi connectivity index (χ1n) is 9.70. The number of alkyl halides is 6. The third kappa shape index (κ3) is 5.92. The Kier molecular flexibility index (Phi) is 6.65. The summed E-state index contributed by atoms with van der Waals surface area (Å²) in [6.07, 6.45) is -6.88. The molecule has 0 aliphatic carbocycles. The molecule has 0 saturated carbocycles. The van der Waals surface area contributed by atoms with Gasteiger partial charge in [0.05, 0.1) is 11.1 Å². The van der Waals surface area contributed by atoms with E-state index in [1.54, 1.807) is 29.6 Å². The number of carbonyl (C=O) groups excluding carboxylic acids is 2. The SMILES string of the molecule is O=C(NC(=O)c1cc(C(F)(F)F)cc(C(F)(F)F)c1)Nc1ccc(N2CCCCC2)cc1. The van der Waals surface area contributed by atoms with Gasteiger partial charge in [-0.05, 0) is 61.7 Å². The van der Waals surface area contributed by atoms with Gasteiger partial charge in [-0.25, -0.2) is 4.79 Å². The van der Waals surface area contributed by atoms with Gasteiger partial charge in [-0.15, -0.1) is 0 Å². The van der Waals surface area contributed by atoms with Crippen molar-refractivity contribution in [1.82, 2.24) is 5.32 Å². The predicted octanol–water partition coefficient (Wildman–Crippen LogP) is 5.68. The summed E-state index contributed by atoms with van der Waals surface area (Å²) in [6, 6.07) is 6.03. The molecule has 0 aromatic heterocycles. The van der Waals surface area contributed by atoms with Crippen molar-refractivity contribution >= 4 is 23.3 Å². The minimum absolute atomic E-state index is 0.0965. The van der Waals surface area contributed by atoms with Crippen molar-refractivity contribution in [1.29, 1.82) is 0 Å². The van der Waals surface area contributed by atoms with Crippen LogP contribution in [0.2, 0.25) is 0 Å². The van der Waals surface area contributed by atoms with Crippen molar-refractivity contribution in [2.24, 2.45) is 0 Å². The van der Waals surface area contributed by atoms with Crippen molar-refractivity contribution in [2.75, 3.05) is 23.3 Å². The Labute approximate surface area is 179 Å². The number of carbonyl (C=O) groups is 2. The number of benzene rings is 2. The Hall–Kier alpha value is -3.24. The lowest BCUT2D eigenvalue weighted by Crippen LogP contribution is -2.34. The van der Waals surface area contributed by atoms with Crippen LogP contribution >= 0.6 is 0 Å². The van der Waals surface area contributed by atoms with Gasteiger partial charge in [0.1, 0.15) is 0 Å². The van der Waals surface area contributed by atoms with E-state index in [4.69, 9.17) is 0 Å². The Balaban J connectivity index is 1.69. The number of rotatable bonds is 3. The summed E-state index contributed by atoms with van der Waals surface area (Å²) in [7, 11) is 0. The molecule has 1 saturated heterocycles. The van der Waals surface area contributed by atoms with Gasteiger partial charge in [-0.1, -0.05) is 0 Å². The van der Waals surface area contributed by atoms with Gasteiger partial charge in [0.25, 0.3) is 5.91 Å². The van der Waals surface area contributed by atoms with E-state index in [1.165, 1.54) is 6.42 Å². The summed E-state index contributed by atoms with van der Waals surface area (Å²) < 4.78 is 77.6. The molecule has 0 bridgehead atoms. The van der Waals surface area contributed by atoms with Gasteiger partial charge >= 0.3 is 18.4 Å². The summed E-state index contributed by atoms with van der Waals surface area (Å²) in [6.45, 7) is 1.83. The molecular weight excluding hydrogens is 440 g/mol. The topological polar surface area (TPSA) is 61.4 Å². The number of piperidine rings is 1. The molecule has 11 heteroatoms. The molecule has 3 amide bonds. The second kappa shape index (κ2) is 9.09. The zero-order valence-corrected chi connectivity index (χ0v) is 16.6. The van der Waals surface area contributed by atoms with Crippen LogP contribution in [0.4, 0.5) is 42.5 Å². The molecule has 3 rings (SSSR count). The van der Waals surface area contributed by atoms with Crippen LogP contribution in [-0.4, -0.2) is 25.0 Å². The number of nitrogens with one attached hydrogen (secondary N) is 2. The number of hydrogen-bond donors (Lipinski definition) is 2. The average molecular weight is 459 g/mol. The van der Waals surface area contributed by atoms with Gasteiger partial charge < -0.3 is 10.2 Å². The molecule has 0 spiro atoms. The summed E-state index contributed by atoms with van der Waals surface area (Å²) in [5.41, 5.74) is -2.98. The highest BCUT2D eigenvalue weighted by atomic mass is 19.4. The fourth-order valence-corrected chi connectivity index (χ4v) is 3.33. The Morgan fingerprint density at radius 1 is 0.781 bits per heavy atom. The number of imide groups is 1. The summed E-state index contributed by atoms with van der Waals surface area (Å²) >= 11 is 0. The van der Waals surface area contributed by atoms with E-state index >= 15 is 0 Å². The fourth-order valence-electron chi connectivity index (χ4n) is 3.33. The minimum Gasteiger partial charge on any atom is -0.372 e. The second-order valence-electron chi connectivity index (χ2n) is 7.30. The molecule has 172 valence electrons. The summed E-state index contributed by atoms with van der Waals surface area (Å²) in [5, 5.41) is 4.07. The maximum atomic E-state index is 12.9. The van der Waals surface area contributed by atoms with Crippen LogP contribution in [0.15, 0.2) is 42.5 Å². The first-order valence-corrected chi connectivity index (χ1v) is 9.70. The van der Waals surface area contributed by atoms with Crippen LogP contribution in [0.5, 0.6) is 0 Å². The molecule has 32 heavy (non-hydrogen) atoms. The Morgan fingerprint density at radius 2 is 1.31 bits per heavy atom. The quantitative estimate of drug-likeness (QED) is 0.581. The number of amides is 3. The van der Waals surface area contributed by atoms with E-state index in [9.17, 15) is 35.9 Å². The van der Waals surface area contributed by atoms with E-state index in [2.05, 4.69) is 10.2 Å². The van der Waals surface area contributed by atoms with Crippen LogP contribution < -0.4 is 15.5 Å². The average Bonchev–Trinajstić information content (AvgIpc) is 2.73. The lowest BCUT2D eigenvalue weighted by molar-refractivity contribution is -0.143. The van der Waals surface area contributed by atoms with E-state index in [1.807, 2.05) is 0 Å². The van der Waals surface area contributed by atoms with E-state index in [-0.39, 0.29) is 18.2 Å². The van der Waals surface area contributed by atoms with Crippen molar-refractivity contribution < 1.29 is 35.9 Å². The highest BCUT2D eigenvalue weighted by molar-refractivity contribution is 6.08. The van der Waals surface area contributed by atoms with Gasteiger partial charge in [0.15, 0.2) is 0 Å². The van der Waals surface area contributed by atoms with E-state index in [0.29, 0.717) is 5.69 Å². The number of anilines is 2. The lowest BCUT2D eigenvalue weighted by Gasteiger charge is -2.28. The molecule has 2 aromatic rings. The molecule has 1 heterocycles. The zero-order chi connectivity index (χ0) is 23.5. The first kappa shape index (κ1) is 23.4. The molecule has 2 N–H and O–H groups in total. The molecule has 1 aliphatic heterocycles. The van der Waals surface area contributed by atoms with Gasteiger partial charge in [0.2, 0.25) is 0 Å². The summed E-state index contributed by atoms with van der Waals surface area (Å²) in [5.74, 6) is -1.40. The second-order valence-corrected chi connectivity index (χ2v) is 7.30. The molecule has 2 aromatic carbocycles. The maximum absolute atomic E-state index is 12.9. The van der Waals surface area contributed by atoms with Crippen molar-refractivity contribution in [3.63, 3.8) is 0 Å². The smallest absolute Gasteiger partial charge is 0.372 e. The Morgan fingerprint density at radius 3 is 1.81 bits per heavy atom. The molecule has 0 atom stereocenters. The molecule has 1 aliphatic rings. The first-order chi connectivity index (χ1) is 14.9. The lowest BCUT2D eigenvalue weighted by atomic mass is 10.0. The zero-order valence-electron chi connectivity index (χ0n) is 16.6. The number of halogens is 6. The largest absolute Gasteiger partial charge is 0.416 e. The fraction of sp³-hybridized carbons (Fsp3) is 0.333. The van der Waals surface area contributed by atoms with Crippen LogP contribution in [0.1, 0.15) is 40.7 Å². The number of urea groups is 1. The van der Waals surface area contributed by atoms with Crippen molar-refractivity contribution in [3.05, 3.63) is 59.2 Å². The monoisotopic (exact) mass is 459 g/mol. The third-order valence-electron chi connectivity index (χ3n) is 4.92. The predicted molar refractivity (Wildman–Crippen MR) is 105 cm³/mol. The van der Waals surface area contributed by atoms with E-state index in [0.717, 1.165) is 31.6 Å². The Bertz CT molecular complexity index is 948. The standard InChI is InChI=1S/C21H19F6N3O2/c22-20(23,24)14-10-13(11-15(12-14)21(25,26)27)18(31)29-19(32)28-16-4-6-17(7-5-16)30-8-2-1-3-9-30/h4-7,10-12H,1-3,8-9H2,(H2,28,29,31,32). The van der Waals surface area contributed by atoms with Crippen molar-refractivity contribution in [3.8, 4) is 0 Å². The normalized spacial score (nSPS) is 14.8. The van der Waals surface area contributed by atoms with Crippen LogP contribution in [0.25, 0.3) is 0 Å². The molecule has 1 fully saturated rings. The molecule has 0 radical (unpaired) electrons. The van der Waals surface area contributed by atoms with Gasteiger partial charge in [-0.2, -0.15) is 26.3 Å². The maximum Gasteiger partial charge on any atom is 0.416 e. The molecule has 5 nitrogen and oxygen atoms in total. The van der Waals surface area contributed by atoms with Crippen LogP contribution in [-0.2, 0) is 12.4 Å².